The van der Waals surface area contributed by atoms with Crippen molar-refractivity contribution in [2.75, 3.05) is 19.0 Å². The lowest BCUT2D eigenvalue weighted by molar-refractivity contribution is -0.769. The molecule has 24 heavy (non-hydrogen) atoms. The summed E-state index contributed by atoms with van der Waals surface area (Å²) in [5, 5.41) is 10.3. The first-order valence-corrected chi connectivity index (χ1v) is 8.47. The SMILES string of the molecule is CCSc1[nH+]cccc1C(=O)OC1COC2C(O[N+](=O)[O-])COC12. The van der Waals surface area contributed by atoms with E-state index in [4.69, 9.17) is 14.2 Å². The Morgan fingerprint density at radius 1 is 1.42 bits per heavy atom. The van der Waals surface area contributed by atoms with Crippen LogP contribution in [0, 0.1) is 10.1 Å². The van der Waals surface area contributed by atoms with E-state index in [1.807, 2.05) is 6.92 Å². The van der Waals surface area contributed by atoms with E-state index in [9.17, 15) is 14.9 Å². The van der Waals surface area contributed by atoms with Gasteiger partial charge in [-0.1, -0.05) is 18.7 Å². The molecule has 2 aliphatic rings. The van der Waals surface area contributed by atoms with Gasteiger partial charge in [0.1, 0.15) is 17.8 Å². The minimum absolute atomic E-state index is 0.0282. The van der Waals surface area contributed by atoms with Crippen LogP contribution < -0.4 is 4.98 Å². The number of nitrogens with zero attached hydrogens (tertiary/aromatic N) is 1. The zero-order valence-corrected chi connectivity index (χ0v) is 13.7. The number of rotatable bonds is 6. The first-order chi connectivity index (χ1) is 11.6. The van der Waals surface area contributed by atoms with Gasteiger partial charge >= 0.3 is 5.97 Å². The predicted octanol–water partition coefficient (Wildman–Crippen LogP) is 0.513. The Morgan fingerprint density at radius 3 is 2.83 bits per heavy atom. The summed E-state index contributed by atoms with van der Waals surface area (Å²) in [4.78, 5) is 30.5. The van der Waals surface area contributed by atoms with Gasteiger partial charge in [0.05, 0.1) is 13.2 Å². The molecule has 2 fully saturated rings. The summed E-state index contributed by atoms with van der Waals surface area (Å²) in [6.07, 6.45) is -0.857. The van der Waals surface area contributed by atoms with E-state index in [1.54, 1.807) is 18.3 Å². The minimum Gasteiger partial charge on any atom is -0.453 e. The average Bonchev–Trinajstić information content (AvgIpc) is 3.12. The molecule has 4 atom stereocenters. The van der Waals surface area contributed by atoms with Crippen molar-refractivity contribution in [3.63, 3.8) is 0 Å². The molecule has 1 aromatic rings. The van der Waals surface area contributed by atoms with Gasteiger partial charge in [-0.2, -0.15) is 0 Å². The summed E-state index contributed by atoms with van der Waals surface area (Å²) in [6.45, 7) is 2.13. The lowest BCUT2D eigenvalue weighted by Crippen LogP contribution is -2.36. The van der Waals surface area contributed by atoms with Gasteiger partial charge in [-0.3, -0.25) is 0 Å². The summed E-state index contributed by atoms with van der Waals surface area (Å²) in [7, 11) is 0. The Kier molecular flexibility index (Phi) is 5.17. The molecule has 3 heterocycles. The largest absolute Gasteiger partial charge is 0.453 e. The molecule has 2 saturated heterocycles. The summed E-state index contributed by atoms with van der Waals surface area (Å²) in [5.74, 6) is 0.320. The van der Waals surface area contributed by atoms with Crippen molar-refractivity contribution in [3.8, 4) is 0 Å². The number of aromatic nitrogens is 1. The van der Waals surface area contributed by atoms with E-state index in [2.05, 4.69) is 9.82 Å². The third-order valence-corrected chi connectivity index (χ3v) is 4.68. The van der Waals surface area contributed by atoms with Crippen LogP contribution in [0.4, 0.5) is 0 Å². The first kappa shape index (κ1) is 16.9. The Bertz CT molecular complexity index is 629. The maximum atomic E-state index is 12.4. The molecule has 130 valence electrons. The van der Waals surface area contributed by atoms with Gasteiger partial charge in [-0.05, 0) is 6.07 Å². The second kappa shape index (κ2) is 7.32. The molecule has 0 aliphatic carbocycles. The highest BCUT2D eigenvalue weighted by Crippen LogP contribution is 2.31. The topological polar surface area (TPSA) is 111 Å². The number of ether oxygens (including phenoxy) is 3. The number of carbonyl (C=O) groups excluding carboxylic acids is 1. The van der Waals surface area contributed by atoms with Gasteiger partial charge < -0.3 is 19.0 Å². The van der Waals surface area contributed by atoms with E-state index in [-0.39, 0.29) is 13.2 Å². The maximum Gasteiger partial charge on any atom is 0.346 e. The Hall–Kier alpha value is -1.91. The second-order valence-corrected chi connectivity index (χ2v) is 6.53. The van der Waals surface area contributed by atoms with Crippen molar-refractivity contribution in [3.05, 3.63) is 34.0 Å². The Morgan fingerprint density at radius 2 is 2.12 bits per heavy atom. The van der Waals surface area contributed by atoms with Gasteiger partial charge in [-0.25, -0.2) is 9.78 Å². The lowest BCUT2D eigenvalue weighted by atomic mass is 10.1. The number of hydrogen-bond acceptors (Lipinski definition) is 8. The fraction of sp³-hybridized carbons (Fsp3) is 0.571. The highest BCUT2D eigenvalue weighted by molar-refractivity contribution is 7.99. The van der Waals surface area contributed by atoms with E-state index in [1.165, 1.54) is 11.8 Å². The molecular weight excluding hydrogens is 340 g/mol. The monoisotopic (exact) mass is 357 g/mol. The molecule has 0 radical (unpaired) electrons. The Balaban J connectivity index is 1.65. The molecule has 0 aromatic carbocycles. The summed E-state index contributed by atoms with van der Waals surface area (Å²) in [5.41, 5.74) is 0.434. The number of esters is 1. The summed E-state index contributed by atoms with van der Waals surface area (Å²) in [6, 6.07) is 3.40. The van der Waals surface area contributed by atoms with Crippen LogP contribution in [0.25, 0.3) is 0 Å². The standard InChI is InChI=1S/C14H16N2O7S/c1-2-24-13-8(4-3-5-15-13)14(17)22-9-6-20-12-10(23-16(18)19)7-21-11(9)12/h3-5,9-12H,2,6-7H2,1H3/p+1. The van der Waals surface area contributed by atoms with Crippen molar-refractivity contribution in [2.45, 2.75) is 36.4 Å². The number of H-pyrrole nitrogens is 1. The number of hydrogen-bond donors (Lipinski definition) is 0. The number of fused-ring (bicyclic) bond motifs is 1. The van der Waals surface area contributed by atoms with Crippen LogP contribution in [0.5, 0.6) is 0 Å². The molecule has 1 aromatic heterocycles. The van der Waals surface area contributed by atoms with E-state index < -0.39 is 35.5 Å². The van der Waals surface area contributed by atoms with Crippen molar-refractivity contribution in [1.29, 1.82) is 0 Å². The van der Waals surface area contributed by atoms with Crippen LogP contribution in [0.15, 0.2) is 23.4 Å². The molecule has 2 aliphatic heterocycles. The van der Waals surface area contributed by atoms with Crippen LogP contribution in [0.1, 0.15) is 17.3 Å². The molecule has 3 rings (SSSR count). The Labute approximate surface area is 141 Å². The smallest absolute Gasteiger partial charge is 0.346 e. The molecule has 4 unspecified atom stereocenters. The lowest BCUT2D eigenvalue weighted by Gasteiger charge is -2.16. The highest BCUT2D eigenvalue weighted by atomic mass is 32.2. The first-order valence-electron chi connectivity index (χ1n) is 7.49. The fourth-order valence-corrected chi connectivity index (χ4v) is 3.53. The number of nitrogens with one attached hydrogen (secondary N) is 1. The summed E-state index contributed by atoms with van der Waals surface area (Å²) < 4.78 is 16.4. The predicted molar refractivity (Wildman–Crippen MR) is 79.9 cm³/mol. The molecule has 10 heteroatoms. The van der Waals surface area contributed by atoms with E-state index in [0.29, 0.717) is 5.56 Å². The highest BCUT2D eigenvalue weighted by Gasteiger charge is 2.51. The van der Waals surface area contributed by atoms with Gasteiger partial charge in [0.2, 0.25) is 0 Å². The van der Waals surface area contributed by atoms with Crippen LogP contribution in [0.2, 0.25) is 0 Å². The normalized spacial score (nSPS) is 28.4. The van der Waals surface area contributed by atoms with E-state index in [0.717, 1.165) is 10.8 Å². The van der Waals surface area contributed by atoms with Crippen LogP contribution in [-0.2, 0) is 19.0 Å². The van der Waals surface area contributed by atoms with Crippen LogP contribution >= 0.6 is 11.8 Å². The number of carbonyl (C=O) groups is 1. The molecule has 0 saturated carbocycles. The van der Waals surface area contributed by atoms with Crippen LogP contribution in [-0.4, -0.2) is 54.4 Å². The van der Waals surface area contributed by atoms with Gasteiger partial charge in [-0.15, -0.1) is 10.1 Å². The zero-order chi connectivity index (χ0) is 17.1. The molecule has 0 bridgehead atoms. The number of pyridine rings is 1. The maximum absolute atomic E-state index is 12.4. The van der Waals surface area contributed by atoms with Gasteiger partial charge in [0, 0.05) is 11.8 Å². The molecule has 9 nitrogen and oxygen atoms in total. The minimum atomic E-state index is -0.868. The summed E-state index contributed by atoms with van der Waals surface area (Å²) >= 11 is 1.50. The number of thioether (sulfide) groups is 1. The van der Waals surface area contributed by atoms with E-state index >= 15 is 0 Å². The van der Waals surface area contributed by atoms with Crippen molar-refractivity contribution in [2.24, 2.45) is 0 Å². The van der Waals surface area contributed by atoms with Crippen molar-refractivity contribution in [1.82, 2.24) is 0 Å². The zero-order valence-electron chi connectivity index (χ0n) is 12.9. The van der Waals surface area contributed by atoms with Gasteiger partial charge in [0.15, 0.2) is 18.4 Å². The molecule has 1 N–H and O–H groups in total. The fourth-order valence-electron chi connectivity index (χ4n) is 2.78. The molecule has 0 amide bonds. The third-order valence-electron chi connectivity index (χ3n) is 3.77. The van der Waals surface area contributed by atoms with Gasteiger partial charge in [0.25, 0.3) is 10.1 Å². The quantitative estimate of drug-likeness (QED) is 0.313. The third kappa shape index (κ3) is 3.45. The van der Waals surface area contributed by atoms with Crippen molar-refractivity contribution < 1.29 is 33.9 Å². The number of aromatic amines is 1. The van der Waals surface area contributed by atoms with Crippen LogP contribution in [0.3, 0.4) is 0 Å². The molecule has 0 spiro atoms. The second-order valence-electron chi connectivity index (χ2n) is 5.25. The molecular formula is C14H17N2O7S+. The van der Waals surface area contributed by atoms with Crippen molar-refractivity contribution >= 4 is 17.7 Å². The average molecular weight is 357 g/mol.